The number of likely N-dealkylation sites (N-methyl/N-ethyl adjacent to an activating group) is 1. The van der Waals surface area contributed by atoms with Gasteiger partial charge in [-0.05, 0) is 43.7 Å². The number of nitrogens with one attached hydrogen (secondary N) is 1. The van der Waals surface area contributed by atoms with E-state index in [0.717, 1.165) is 0 Å². The smallest absolute Gasteiger partial charge is 0.269 e. The molecule has 1 heterocycles. The number of sulfonamides is 1. The van der Waals surface area contributed by atoms with Crippen LogP contribution in [-0.4, -0.2) is 54.5 Å². The van der Waals surface area contributed by atoms with Crippen molar-refractivity contribution in [3.05, 3.63) is 64.7 Å². The number of benzene rings is 2. The maximum absolute atomic E-state index is 13.2. The SMILES string of the molecule is CCNC(=O)[C@@H](C)N(Cc1ccc(Cl)cc1)C(=O)CN1C(=O)c2ccccc2S1(=O)=O. The van der Waals surface area contributed by atoms with Crippen molar-refractivity contribution in [2.45, 2.75) is 31.3 Å². The molecule has 0 aliphatic carbocycles. The zero-order valence-corrected chi connectivity index (χ0v) is 18.6. The van der Waals surface area contributed by atoms with Gasteiger partial charge in [-0.15, -0.1) is 0 Å². The molecule has 164 valence electrons. The van der Waals surface area contributed by atoms with Gasteiger partial charge in [0.1, 0.15) is 17.5 Å². The summed E-state index contributed by atoms with van der Waals surface area (Å²) in [5, 5.41) is 3.17. The maximum Gasteiger partial charge on any atom is 0.269 e. The second-order valence-electron chi connectivity index (χ2n) is 7.03. The number of amides is 3. The number of fused-ring (bicyclic) bond motifs is 1. The van der Waals surface area contributed by atoms with E-state index in [4.69, 9.17) is 11.6 Å². The van der Waals surface area contributed by atoms with E-state index in [1.807, 2.05) is 0 Å². The van der Waals surface area contributed by atoms with Gasteiger partial charge in [0.05, 0.1) is 5.56 Å². The molecule has 1 aliphatic heterocycles. The first-order valence-corrected chi connectivity index (χ1v) is 11.5. The zero-order chi connectivity index (χ0) is 22.8. The largest absolute Gasteiger partial charge is 0.355 e. The molecule has 8 nitrogen and oxygen atoms in total. The lowest BCUT2D eigenvalue weighted by atomic mass is 10.1. The van der Waals surface area contributed by atoms with Gasteiger partial charge in [-0.2, -0.15) is 0 Å². The van der Waals surface area contributed by atoms with Gasteiger partial charge in [0.15, 0.2) is 0 Å². The highest BCUT2D eigenvalue weighted by Gasteiger charge is 2.43. The molecule has 2 aromatic rings. The summed E-state index contributed by atoms with van der Waals surface area (Å²) < 4.78 is 26.1. The third-order valence-electron chi connectivity index (χ3n) is 4.98. The van der Waals surface area contributed by atoms with Gasteiger partial charge in [-0.3, -0.25) is 14.4 Å². The molecule has 1 aliphatic rings. The van der Waals surface area contributed by atoms with Gasteiger partial charge < -0.3 is 10.2 Å². The van der Waals surface area contributed by atoms with Crippen molar-refractivity contribution >= 4 is 39.3 Å². The van der Waals surface area contributed by atoms with E-state index in [0.29, 0.717) is 21.4 Å². The van der Waals surface area contributed by atoms with Crippen LogP contribution in [0.25, 0.3) is 0 Å². The Morgan fingerprint density at radius 2 is 1.77 bits per heavy atom. The average molecular weight is 464 g/mol. The number of halogens is 1. The Bertz CT molecular complexity index is 1120. The van der Waals surface area contributed by atoms with Crippen LogP contribution >= 0.6 is 11.6 Å². The molecular weight excluding hydrogens is 442 g/mol. The van der Waals surface area contributed by atoms with Crippen LogP contribution in [0.3, 0.4) is 0 Å². The van der Waals surface area contributed by atoms with Gasteiger partial charge in [-0.25, -0.2) is 12.7 Å². The highest BCUT2D eigenvalue weighted by Crippen LogP contribution is 2.30. The van der Waals surface area contributed by atoms with E-state index in [1.54, 1.807) is 44.2 Å². The van der Waals surface area contributed by atoms with E-state index in [9.17, 15) is 22.8 Å². The monoisotopic (exact) mass is 463 g/mol. The Kier molecular flexibility index (Phi) is 6.66. The maximum atomic E-state index is 13.2. The Morgan fingerprint density at radius 1 is 1.13 bits per heavy atom. The summed E-state index contributed by atoms with van der Waals surface area (Å²) in [6.45, 7) is 3.02. The Morgan fingerprint density at radius 3 is 2.39 bits per heavy atom. The van der Waals surface area contributed by atoms with E-state index in [-0.39, 0.29) is 22.9 Å². The molecule has 1 N–H and O–H groups in total. The second-order valence-corrected chi connectivity index (χ2v) is 9.30. The van der Waals surface area contributed by atoms with E-state index in [1.165, 1.54) is 23.1 Å². The van der Waals surface area contributed by atoms with Crippen LogP contribution in [0.1, 0.15) is 29.8 Å². The minimum atomic E-state index is -4.14. The average Bonchev–Trinajstić information content (AvgIpc) is 2.94. The van der Waals surface area contributed by atoms with Crippen molar-refractivity contribution in [1.29, 1.82) is 0 Å². The predicted molar refractivity (Wildman–Crippen MR) is 115 cm³/mol. The Hall–Kier alpha value is -2.91. The fourth-order valence-electron chi connectivity index (χ4n) is 3.29. The van der Waals surface area contributed by atoms with Crippen molar-refractivity contribution < 1.29 is 22.8 Å². The number of rotatable bonds is 7. The molecule has 0 bridgehead atoms. The molecular formula is C21H22ClN3O5S. The summed E-state index contributed by atoms with van der Waals surface area (Å²) in [6.07, 6.45) is 0. The first-order chi connectivity index (χ1) is 14.7. The number of hydrogen-bond donors (Lipinski definition) is 1. The topological polar surface area (TPSA) is 104 Å². The molecule has 3 amide bonds. The summed E-state index contributed by atoms with van der Waals surface area (Å²) in [7, 11) is -4.14. The highest BCUT2D eigenvalue weighted by atomic mass is 35.5. The van der Waals surface area contributed by atoms with Gasteiger partial charge in [0.2, 0.25) is 11.8 Å². The molecule has 0 saturated heterocycles. The van der Waals surface area contributed by atoms with Crippen molar-refractivity contribution in [3.63, 3.8) is 0 Å². The quantitative estimate of drug-likeness (QED) is 0.676. The minimum Gasteiger partial charge on any atom is -0.355 e. The van der Waals surface area contributed by atoms with Crippen molar-refractivity contribution in [1.82, 2.24) is 14.5 Å². The molecule has 0 spiro atoms. The molecule has 0 saturated carbocycles. The number of hydrogen-bond acceptors (Lipinski definition) is 5. The van der Waals surface area contributed by atoms with E-state index >= 15 is 0 Å². The van der Waals surface area contributed by atoms with Crippen molar-refractivity contribution in [2.24, 2.45) is 0 Å². The zero-order valence-electron chi connectivity index (χ0n) is 17.0. The Balaban J connectivity index is 1.88. The Labute approximate surface area is 185 Å². The fourth-order valence-corrected chi connectivity index (χ4v) is 4.94. The number of carbonyl (C=O) groups excluding carboxylic acids is 3. The standard InChI is InChI=1S/C21H22ClN3O5S/c1-3-23-20(27)14(2)24(12-15-8-10-16(22)11-9-15)19(26)13-25-21(28)17-6-4-5-7-18(17)31(25,29)30/h4-11,14H,3,12-13H2,1-2H3,(H,23,27)/t14-/m1/s1. The second kappa shape index (κ2) is 9.07. The summed E-state index contributed by atoms with van der Waals surface area (Å²) in [6, 6.07) is 11.6. The van der Waals surface area contributed by atoms with Crippen LogP contribution in [0.2, 0.25) is 5.02 Å². The third-order valence-corrected chi connectivity index (χ3v) is 7.01. The van der Waals surface area contributed by atoms with E-state index < -0.39 is 34.4 Å². The molecule has 2 aromatic carbocycles. The van der Waals surface area contributed by atoms with Crippen LogP contribution in [0.15, 0.2) is 53.4 Å². The molecule has 31 heavy (non-hydrogen) atoms. The van der Waals surface area contributed by atoms with Gasteiger partial charge >= 0.3 is 0 Å². The molecule has 0 aromatic heterocycles. The van der Waals surface area contributed by atoms with Gasteiger partial charge in [-0.1, -0.05) is 35.9 Å². The first-order valence-electron chi connectivity index (χ1n) is 9.64. The van der Waals surface area contributed by atoms with Crippen molar-refractivity contribution in [2.75, 3.05) is 13.1 Å². The fraction of sp³-hybridized carbons (Fsp3) is 0.286. The van der Waals surface area contributed by atoms with Crippen LogP contribution < -0.4 is 5.32 Å². The van der Waals surface area contributed by atoms with Crippen molar-refractivity contribution in [3.8, 4) is 0 Å². The molecule has 0 fully saturated rings. The highest BCUT2D eigenvalue weighted by molar-refractivity contribution is 7.90. The lowest BCUT2D eigenvalue weighted by molar-refractivity contribution is -0.140. The molecule has 0 unspecified atom stereocenters. The normalized spacial score (nSPS) is 15.3. The van der Waals surface area contributed by atoms with Gasteiger partial charge in [0.25, 0.3) is 15.9 Å². The summed E-state index contributed by atoms with van der Waals surface area (Å²) in [5.41, 5.74) is 0.726. The van der Waals surface area contributed by atoms with E-state index in [2.05, 4.69) is 5.32 Å². The lowest BCUT2D eigenvalue weighted by Gasteiger charge is -2.30. The number of nitrogens with zero attached hydrogens (tertiary/aromatic N) is 2. The van der Waals surface area contributed by atoms with Crippen LogP contribution in [-0.2, 0) is 26.2 Å². The number of carbonyl (C=O) groups is 3. The third kappa shape index (κ3) is 4.57. The summed E-state index contributed by atoms with van der Waals surface area (Å²) in [5.74, 6) is -1.82. The summed E-state index contributed by atoms with van der Waals surface area (Å²) in [4.78, 5) is 39.4. The molecule has 3 rings (SSSR count). The predicted octanol–water partition coefficient (Wildman–Crippen LogP) is 2.04. The van der Waals surface area contributed by atoms with Crippen LogP contribution in [0, 0.1) is 0 Å². The lowest BCUT2D eigenvalue weighted by Crippen LogP contribution is -2.51. The molecule has 0 radical (unpaired) electrons. The minimum absolute atomic E-state index is 0.0244. The van der Waals surface area contributed by atoms with Crippen LogP contribution in [0.4, 0.5) is 0 Å². The summed E-state index contributed by atoms with van der Waals surface area (Å²) >= 11 is 5.91. The molecule has 1 atom stereocenters. The van der Waals surface area contributed by atoms with Crippen LogP contribution in [0.5, 0.6) is 0 Å². The molecule has 10 heteroatoms. The first kappa shape index (κ1) is 22.8. The van der Waals surface area contributed by atoms with Gasteiger partial charge in [0, 0.05) is 18.1 Å².